The second-order valence-electron chi connectivity index (χ2n) is 2.63. The smallest absolute Gasteiger partial charge is 0.307 e. The summed E-state index contributed by atoms with van der Waals surface area (Å²) in [4.78, 5) is 10.0. The molecule has 1 aliphatic carbocycles. The highest BCUT2D eigenvalue weighted by Crippen LogP contribution is 2.24. The Bertz CT molecular complexity index is 166. The van der Waals surface area contributed by atoms with Gasteiger partial charge < -0.3 is 10.8 Å². The quantitative estimate of drug-likeness (QED) is 0.551. The van der Waals surface area contributed by atoms with Gasteiger partial charge in [0.05, 0.1) is 6.42 Å². The number of aliphatic carboxylic acids is 1. The van der Waals surface area contributed by atoms with Crippen LogP contribution < -0.4 is 5.73 Å². The predicted molar refractivity (Wildman–Crippen MR) is 37.5 cm³/mol. The third-order valence-electron chi connectivity index (χ3n) is 1.61. The Hall–Kier alpha value is -0.830. The first kappa shape index (κ1) is 7.28. The van der Waals surface area contributed by atoms with Gasteiger partial charge in [-0.15, -0.1) is 0 Å². The molecular formula is C7H11NO2. The topological polar surface area (TPSA) is 63.3 Å². The van der Waals surface area contributed by atoms with Crippen LogP contribution in [0.4, 0.5) is 0 Å². The van der Waals surface area contributed by atoms with Crippen LogP contribution in [-0.4, -0.2) is 17.1 Å². The summed E-state index contributed by atoms with van der Waals surface area (Å²) in [6.45, 7) is 0. The highest BCUT2D eigenvalue weighted by Gasteiger charge is 2.17. The molecule has 0 amide bonds. The Morgan fingerprint density at radius 3 is 2.80 bits per heavy atom. The lowest BCUT2D eigenvalue weighted by Crippen LogP contribution is -2.30. The lowest BCUT2D eigenvalue weighted by atomic mass is 9.86. The van der Waals surface area contributed by atoms with Gasteiger partial charge in [0, 0.05) is 6.04 Å². The third-order valence-corrected chi connectivity index (χ3v) is 1.61. The fraction of sp³-hybridized carbons (Fsp3) is 0.571. The fourth-order valence-electron chi connectivity index (χ4n) is 1.01. The van der Waals surface area contributed by atoms with Crippen LogP contribution in [0.2, 0.25) is 0 Å². The highest BCUT2D eigenvalue weighted by atomic mass is 16.4. The van der Waals surface area contributed by atoms with Gasteiger partial charge in [0.2, 0.25) is 0 Å². The van der Waals surface area contributed by atoms with Gasteiger partial charge in [0.25, 0.3) is 0 Å². The average Bonchev–Trinajstić information content (AvgIpc) is 1.77. The van der Waals surface area contributed by atoms with Crippen molar-refractivity contribution in [3.05, 3.63) is 11.6 Å². The normalized spacial score (nSPS) is 23.7. The zero-order chi connectivity index (χ0) is 7.56. The van der Waals surface area contributed by atoms with Crippen molar-refractivity contribution in [3.8, 4) is 0 Å². The molecule has 0 aromatic heterocycles. The minimum atomic E-state index is -0.770. The van der Waals surface area contributed by atoms with E-state index in [0.717, 1.165) is 12.8 Å². The number of carbonyl (C=O) groups is 1. The maximum absolute atomic E-state index is 10.0. The summed E-state index contributed by atoms with van der Waals surface area (Å²) < 4.78 is 0. The summed E-state index contributed by atoms with van der Waals surface area (Å²) in [6, 6.07) is 0.278. The summed E-state index contributed by atoms with van der Waals surface area (Å²) in [7, 11) is 0. The Kier molecular flexibility index (Phi) is 2.06. The Labute approximate surface area is 59.5 Å². The van der Waals surface area contributed by atoms with E-state index < -0.39 is 5.97 Å². The first-order valence-electron chi connectivity index (χ1n) is 3.34. The minimum Gasteiger partial charge on any atom is -0.481 e. The molecule has 0 aromatic carbocycles. The van der Waals surface area contributed by atoms with E-state index in [0.29, 0.717) is 0 Å². The molecule has 0 saturated heterocycles. The van der Waals surface area contributed by atoms with Crippen molar-refractivity contribution < 1.29 is 9.90 Å². The van der Waals surface area contributed by atoms with Crippen LogP contribution in [0, 0.1) is 0 Å². The molecule has 0 bridgehead atoms. The molecule has 3 heteroatoms. The van der Waals surface area contributed by atoms with Gasteiger partial charge in [0.15, 0.2) is 0 Å². The molecule has 3 nitrogen and oxygen atoms in total. The van der Waals surface area contributed by atoms with Gasteiger partial charge >= 0.3 is 5.97 Å². The molecule has 1 rings (SSSR count). The number of nitrogens with two attached hydrogens (primary N) is 1. The Morgan fingerprint density at radius 2 is 2.40 bits per heavy atom. The van der Waals surface area contributed by atoms with Crippen molar-refractivity contribution in [2.75, 3.05) is 0 Å². The summed E-state index contributed by atoms with van der Waals surface area (Å²) in [5.74, 6) is -0.770. The zero-order valence-electron chi connectivity index (χ0n) is 5.71. The van der Waals surface area contributed by atoms with Crippen LogP contribution in [0.1, 0.15) is 19.3 Å². The number of rotatable bonds is 2. The Morgan fingerprint density at radius 1 is 1.80 bits per heavy atom. The van der Waals surface area contributed by atoms with Crippen molar-refractivity contribution in [1.29, 1.82) is 0 Å². The van der Waals surface area contributed by atoms with E-state index in [-0.39, 0.29) is 12.5 Å². The van der Waals surface area contributed by atoms with Crippen LogP contribution >= 0.6 is 0 Å². The summed E-state index contributed by atoms with van der Waals surface area (Å²) >= 11 is 0. The second-order valence-corrected chi connectivity index (χ2v) is 2.63. The second kappa shape index (κ2) is 2.84. The van der Waals surface area contributed by atoms with Crippen LogP contribution in [-0.2, 0) is 4.79 Å². The lowest BCUT2D eigenvalue weighted by molar-refractivity contribution is -0.136. The standard InChI is InChI=1S/C7H11NO2/c8-6-3-5(4-6)1-2-7(9)10/h1,6H,2-4,8H2,(H,9,10). The summed E-state index contributed by atoms with van der Waals surface area (Å²) in [6.07, 6.45) is 3.66. The maximum Gasteiger partial charge on any atom is 0.307 e. The number of hydrogen-bond donors (Lipinski definition) is 2. The molecule has 56 valence electrons. The number of carboxylic acids is 1. The molecule has 0 heterocycles. The molecule has 0 unspecified atom stereocenters. The molecule has 0 aromatic rings. The molecule has 1 aliphatic rings. The molecule has 0 spiro atoms. The van der Waals surface area contributed by atoms with Crippen molar-refractivity contribution >= 4 is 5.97 Å². The Balaban J connectivity index is 2.23. The van der Waals surface area contributed by atoms with Gasteiger partial charge in [0.1, 0.15) is 0 Å². The number of carboxylic acid groups (broad SMARTS) is 1. The first-order chi connectivity index (χ1) is 4.68. The van der Waals surface area contributed by atoms with Crippen molar-refractivity contribution in [2.45, 2.75) is 25.3 Å². The van der Waals surface area contributed by atoms with Gasteiger partial charge in [-0.05, 0) is 12.8 Å². The van der Waals surface area contributed by atoms with Crippen LogP contribution in [0.3, 0.4) is 0 Å². The fourth-order valence-corrected chi connectivity index (χ4v) is 1.01. The predicted octanol–water partition coefficient (Wildman–Crippen LogP) is 0.509. The van der Waals surface area contributed by atoms with E-state index in [1.165, 1.54) is 5.57 Å². The monoisotopic (exact) mass is 141 g/mol. The molecule has 1 saturated carbocycles. The summed E-state index contributed by atoms with van der Waals surface area (Å²) in [5.41, 5.74) is 6.68. The van der Waals surface area contributed by atoms with E-state index in [1.54, 1.807) is 6.08 Å². The van der Waals surface area contributed by atoms with Crippen LogP contribution in [0.5, 0.6) is 0 Å². The van der Waals surface area contributed by atoms with Gasteiger partial charge in [-0.2, -0.15) is 0 Å². The van der Waals surface area contributed by atoms with Gasteiger partial charge in [-0.3, -0.25) is 4.79 Å². The third kappa shape index (κ3) is 1.84. The summed E-state index contributed by atoms with van der Waals surface area (Å²) in [5, 5.41) is 8.27. The molecule has 10 heavy (non-hydrogen) atoms. The van der Waals surface area contributed by atoms with Crippen molar-refractivity contribution in [1.82, 2.24) is 0 Å². The van der Waals surface area contributed by atoms with Crippen molar-refractivity contribution in [2.24, 2.45) is 5.73 Å². The van der Waals surface area contributed by atoms with E-state index in [1.807, 2.05) is 0 Å². The first-order valence-corrected chi connectivity index (χ1v) is 3.34. The minimum absolute atomic E-state index is 0.141. The largest absolute Gasteiger partial charge is 0.481 e. The SMILES string of the molecule is NC1CC(=CCC(=O)O)C1. The van der Waals surface area contributed by atoms with Crippen molar-refractivity contribution in [3.63, 3.8) is 0 Å². The van der Waals surface area contributed by atoms with Crippen LogP contribution in [0.25, 0.3) is 0 Å². The van der Waals surface area contributed by atoms with Gasteiger partial charge in [-0.25, -0.2) is 0 Å². The maximum atomic E-state index is 10.0. The van der Waals surface area contributed by atoms with E-state index in [9.17, 15) is 4.79 Å². The van der Waals surface area contributed by atoms with Crippen LogP contribution in [0.15, 0.2) is 11.6 Å². The molecule has 0 aliphatic heterocycles. The van der Waals surface area contributed by atoms with E-state index >= 15 is 0 Å². The molecule has 1 fully saturated rings. The van der Waals surface area contributed by atoms with E-state index in [4.69, 9.17) is 10.8 Å². The number of hydrogen-bond acceptors (Lipinski definition) is 2. The lowest BCUT2D eigenvalue weighted by Gasteiger charge is -2.24. The molecule has 0 atom stereocenters. The average molecular weight is 141 g/mol. The zero-order valence-corrected chi connectivity index (χ0v) is 5.71. The molecular weight excluding hydrogens is 130 g/mol. The van der Waals surface area contributed by atoms with E-state index in [2.05, 4.69) is 0 Å². The van der Waals surface area contributed by atoms with Gasteiger partial charge in [-0.1, -0.05) is 11.6 Å². The highest BCUT2D eigenvalue weighted by molar-refractivity contribution is 5.68. The molecule has 0 radical (unpaired) electrons. The molecule has 3 N–H and O–H groups in total.